The fourth-order valence-corrected chi connectivity index (χ4v) is 3.76. The van der Waals surface area contributed by atoms with E-state index in [9.17, 15) is 9.90 Å². The van der Waals surface area contributed by atoms with Crippen LogP contribution in [0.4, 0.5) is 11.5 Å². The summed E-state index contributed by atoms with van der Waals surface area (Å²) >= 11 is 0. The predicted molar refractivity (Wildman–Crippen MR) is 136 cm³/mol. The van der Waals surface area contributed by atoms with Gasteiger partial charge in [0.2, 0.25) is 0 Å². The number of nitrogens with one attached hydrogen (secondary N) is 1. The molecule has 178 valence electrons. The molecule has 3 heterocycles. The maximum Gasteiger partial charge on any atom is 0.304 e. The smallest absolute Gasteiger partial charge is 0.304 e. The number of ether oxygens (including phenoxy) is 1. The van der Waals surface area contributed by atoms with Crippen molar-refractivity contribution in [1.29, 1.82) is 0 Å². The van der Waals surface area contributed by atoms with Crippen molar-refractivity contribution in [2.45, 2.75) is 39.5 Å². The Morgan fingerprint density at radius 2 is 1.83 bits per heavy atom. The molecule has 0 saturated carbocycles. The Kier molecular flexibility index (Phi) is 6.78. The number of carbonyl (C=O) groups is 1. The summed E-state index contributed by atoms with van der Waals surface area (Å²) in [5, 5.41) is 12.5. The summed E-state index contributed by atoms with van der Waals surface area (Å²) in [6.07, 6.45) is 3.45. The van der Waals surface area contributed by atoms with Crippen molar-refractivity contribution in [3.63, 3.8) is 0 Å². The van der Waals surface area contributed by atoms with E-state index in [2.05, 4.69) is 15.3 Å². The minimum Gasteiger partial charge on any atom is -0.481 e. The molecule has 35 heavy (non-hydrogen) atoms. The van der Waals surface area contributed by atoms with Gasteiger partial charge in [-0.15, -0.1) is 0 Å². The van der Waals surface area contributed by atoms with Crippen molar-refractivity contribution >= 4 is 17.5 Å². The van der Waals surface area contributed by atoms with Crippen LogP contribution in [0.3, 0.4) is 0 Å². The van der Waals surface area contributed by atoms with Crippen molar-refractivity contribution in [2.24, 2.45) is 0 Å². The minimum atomic E-state index is -0.828. The van der Waals surface area contributed by atoms with Crippen LogP contribution in [0.5, 0.6) is 11.5 Å². The first-order valence-electron chi connectivity index (χ1n) is 11.3. The third-order valence-corrected chi connectivity index (χ3v) is 5.81. The number of pyridine rings is 3. The van der Waals surface area contributed by atoms with Crippen LogP contribution in [-0.4, -0.2) is 26.0 Å². The highest BCUT2D eigenvalue weighted by molar-refractivity contribution is 5.69. The number of rotatable bonds is 8. The van der Waals surface area contributed by atoms with Crippen molar-refractivity contribution < 1.29 is 14.6 Å². The average molecular weight is 469 g/mol. The number of hydrogen-bond acceptors (Lipinski definition) is 6. The molecule has 4 aromatic rings. The van der Waals surface area contributed by atoms with Gasteiger partial charge in [-0.25, -0.2) is 9.97 Å². The molecule has 0 spiro atoms. The molecule has 2 N–H and O–H groups in total. The van der Waals surface area contributed by atoms with Gasteiger partial charge in [0.15, 0.2) is 5.75 Å². The number of carboxylic acid groups (broad SMARTS) is 1. The Hall–Kier alpha value is -4.26. The van der Waals surface area contributed by atoms with Crippen LogP contribution >= 0.6 is 0 Å². The van der Waals surface area contributed by atoms with Crippen LogP contribution in [0.2, 0.25) is 0 Å². The summed E-state index contributed by atoms with van der Waals surface area (Å²) in [5.41, 5.74) is 4.59. The molecule has 7 nitrogen and oxygen atoms in total. The molecule has 0 aliphatic rings. The first kappa shape index (κ1) is 23.9. The van der Waals surface area contributed by atoms with E-state index >= 15 is 0 Å². The highest BCUT2D eigenvalue weighted by Gasteiger charge is 2.24. The first-order valence-corrected chi connectivity index (χ1v) is 11.3. The molecule has 0 atom stereocenters. The van der Waals surface area contributed by atoms with E-state index in [0.29, 0.717) is 23.0 Å². The lowest BCUT2D eigenvalue weighted by molar-refractivity contribution is -0.138. The van der Waals surface area contributed by atoms with E-state index in [-0.39, 0.29) is 6.42 Å². The molecule has 0 aliphatic heterocycles. The standard InChI is InChI=1S/C28H28N4O3/c1-18-14-24(27(31-19(18)2)23-10-5-6-12-29-23)35-22-11-13-30-25(16-22)32-21-9-7-8-20(15-21)28(3,4)17-26(33)34/h5-16H,17H2,1-4H3,(H,30,32)(H,33,34). The van der Waals surface area contributed by atoms with Crippen LogP contribution in [0.1, 0.15) is 37.1 Å². The number of benzene rings is 1. The third-order valence-electron chi connectivity index (χ3n) is 5.81. The predicted octanol–water partition coefficient (Wildman–Crippen LogP) is 6.44. The van der Waals surface area contributed by atoms with Gasteiger partial charge in [0.1, 0.15) is 17.3 Å². The van der Waals surface area contributed by atoms with E-state index < -0.39 is 11.4 Å². The van der Waals surface area contributed by atoms with Gasteiger partial charge in [-0.05, 0) is 61.4 Å². The van der Waals surface area contributed by atoms with Gasteiger partial charge in [-0.1, -0.05) is 32.0 Å². The van der Waals surface area contributed by atoms with Crippen LogP contribution in [0.15, 0.2) is 73.1 Å². The minimum absolute atomic E-state index is 0.0423. The zero-order valence-corrected chi connectivity index (χ0v) is 20.2. The molecule has 0 radical (unpaired) electrons. The molecule has 0 bridgehead atoms. The van der Waals surface area contributed by atoms with Gasteiger partial charge in [0.05, 0.1) is 12.1 Å². The Labute approximate surface area is 204 Å². The summed E-state index contributed by atoms with van der Waals surface area (Å²) in [6, 6.07) is 19.0. The molecule has 0 unspecified atom stereocenters. The maximum atomic E-state index is 11.3. The van der Waals surface area contributed by atoms with Crippen molar-refractivity contribution in [2.75, 3.05) is 5.32 Å². The molecule has 0 aliphatic carbocycles. The number of aliphatic carboxylic acids is 1. The molecule has 0 amide bonds. The Bertz CT molecular complexity index is 1350. The van der Waals surface area contributed by atoms with Gasteiger partial charge in [-0.2, -0.15) is 0 Å². The summed E-state index contributed by atoms with van der Waals surface area (Å²) in [5.74, 6) is 0.992. The zero-order chi connectivity index (χ0) is 25.0. The maximum absolute atomic E-state index is 11.3. The number of hydrogen-bond donors (Lipinski definition) is 2. The van der Waals surface area contributed by atoms with Crippen LogP contribution in [0.25, 0.3) is 11.4 Å². The van der Waals surface area contributed by atoms with Gasteiger partial charge in [0, 0.05) is 35.3 Å². The van der Waals surface area contributed by atoms with E-state index in [1.807, 2.05) is 82.3 Å². The second kappa shape index (κ2) is 9.93. The second-order valence-electron chi connectivity index (χ2n) is 9.09. The lowest BCUT2D eigenvalue weighted by Crippen LogP contribution is -2.21. The molecule has 3 aromatic heterocycles. The van der Waals surface area contributed by atoms with Gasteiger partial charge in [-0.3, -0.25) is 9.78 Å². The van der Waals surface area contributed by atoms with Crippen molar-refractivity contribution in [3.05, 3.63) is 89.9 Å². The molecule has 4 rings (SSSR count). The SMILES string of the molecule is Cc1cc(Oc2ccnc(Nc3cccc(C(C)(C)CC(=O)O)c3)c2)c(-c2ccccn2)nc1C. The van der Waals surface area contributed by atoms with Crippen LogP contribution in [0, 0.1) is 13.8 Å². The van der Waals surface area contributed by atoms with Crippen molar-refractivity contribution in [1.82, 2.24) is 15.0 Å². The van der Waals surface area contributed by atoms with Gasteiger partial charge >= 0.3 is 5.97 Å². The number of aryl methyl sites for hydroxylation is 2. The largest absolute Gasteiger partial charge is 0.481 e. The Morgan fingerprint density at radius 3 is 2.57 bits per heavy atom. The fourth-order valence-electron chi connectivity index (χ4n) is 3.76. The van der Waals surface area contributed by atoms with Crippen LogP contribution < -0.4 is 10.1 Å². The topological polar surface area (TPSA) is 97.2 Å². The Morgan fingerprint density at radius 1 is 1.00 bits per heavy atom. The first-order chi connectivity index (χ1) is 16.7. The summed E-state index contributed by atoms with van der Waals surface area (Å²) in [6.45, 7) is 7.80. The quantitative estimate of drug-likeness (QED) is 0.307. The van der Waals surface area contributed by atoms with E-state index in [1.54, 1.807) is 18.5 Å². The van der Waals surface area contributed by atoms with Gasteiger partial charge < -0.3 is 15.2 Å². The Balaban J connectivity index is 1.59. The van der Waals surface area contributed by atoms with Crippen molar-refractivity contribution in [3.8, 4) is 22.9 Å². The number of carboxylic acids is 1. The lowest BCUT2D eigenvalue weighted by atomic mass is 9.81. The normalized spacial score (nSPS) is 11.2. The fraction of sp³-hybridized carbons (Fsp3) is 0.214. The number of anilines is 2. The zero-order valence-electron chi connectivity index (χ0n) is 20.2. The molecule has 7 heteroatoms. The highest BCUT2D eigenvalue weighted by Crippen LogP contribution is 2.34. The molecule has 0 fully saturated rings. The molecular weight excluding hydrogens is 440 g/mol. The molecular formula is C28H28N4O3. The number of aromatic nitrogens is 3. The lowest BCUT2D eigenvalue weighted by Gasteiger charge is -2.23. The van der Waals surface area contributed by atoms with E-state index in [0.717, 1.165) is 28.2 Å². The average Bonchev–Trinajstić information content (AvgIpc) is 2.81. The summed E-state index contributed by atoms with van der Waals surface area (Å²) in [7, 11) is 0. The summed E-state index contributed by atoms with van der Waals surface area (Å²) < 4.78 is 6.25. The van der Waals surface area contributed by atoms with E-state index in [4.69, 9.17) is 9.72 Å². The second-order valence-corrected chi connectivity index (χ2v) is 9.09. The third kappa shape index (κ3) is 5.81. The molecule has 0 saturated heterocycles. The highest BCUT2D eigenvalue weighted by atomic mass is 16.5. The monoisotopic (exact) mass is 468 g/mol. The van der Waals surface area contributed by atoms with E-state index in [1.165, 1.54) is 0 Å². The summed E-state index contributed by atoms with van der Waals surface area (Å²) in [4.78, 5) is 24.8. The van der Waals surface area contributed by atoms with Crippen LogP contribution in [-0.2, 0) is 10.2 Å². The van der Waals surface area contributed by atoms with Gasteiger partial charge in [0.25, 0.3) is 0 Å². The molecule has 1 aromatic carbocycles. The number of nitrogens with zero attached hydrogens (tertiary/aromatic N) is 3.